The van der Waals surface area contributed by atoms with Crippen LogP contribution in [0.2, 0.25) is 0 Å². The molecule has 0 unspecified atom stereocenters. The van der Waals surface area contributed by atoms with Crippen molar-refractivity contribution >= 4 is 23.5 Å². The summed E-state index contributed by atoms with van der Waals surface area (Å²) >= 11 is 3.58. The Hall–Kier alpha value is -0.120. The van der Waals surface area contributed by atoms with Gasteiger partial charge in [0.15, 0.2) is 0 Å². The van der Waals surface area contributed by atoms with E-state index >= 15 is 0 Å². The Balaban J connectivity index is 2.97. The van der Waals surface area contributed by atoms with Gasteiger partial charge in [-0.1, -0.05) is 6.07 Å². The summed E-state index contributed by atoms with van der Waals surface area (Å²) < 4.78 is 0. The highest BCUT2D eigenvalue weighted by molar-refractivity contribution is 7.99. The number of benzene rings is 1. The van der Waals surface area contributed by atoms with Crippen LogP contribution in [-0.2, 0) is 6.42 Å². The van der Waals surface area contributed by atoms with Crippen LogP contribution in [-0.4, -0.2) is 18.1 Å². The van der Waals surface area contributed by atoms with Crippen molar-refractivity contribution in [3.63, 3.8) is 0 Å². The minimum atomic E-state index is -0.134. The molecule has 0 bridgehead atoms. The summed E-state index contributed by atoms with van der Waals surface area (Å²) in [5.41, 5.74) is 7.27. The van der Waals surface area contributed by atoms with Crippen molar-refractivity contribution < 1.29 is 0 Å². The van der Waals surface area contributed by atoms with Crippen LogP contribution in [0.25, 0.3) is 0 Å². The van der Waals surface area contributed by atoms with Gasteiger partial charge in [0.1, 0.15) is 0 Å². The Morgan fingerprint density at radius 1 is 1.20 bits per heavy atom. The molecule has 15 heavy (non-hydrogen) atoms. The Kier molecular flexibility index (Phi) is 4.56. The minimum Gasteiger partial charge on any atom is -0.325 e. The van der Waals surface area contributed by atoms with Crippen molar-refractivity contribution in [1.29, 1.82) is 0 Å². The predicted octanol–water partition coefficient (Wildman–Crippen LogP) is 3.41. The van der Waals surface area contributed by atoms with Gasteiger partial charge >= 0.3 is 0 Å². The molecule has 0 saturated heterocycles. The first kappa shape index (κ1) is 12.9. The molecule has 1 rings (SSSR count). The third-order valence-corrected chi connectivity index (χ3v) is 3.69. The normalized spacial score (nSPS) is 11.8. The van der Waals surface area contributed by atoms with Crippen molar-refractivity contribution in [3.05, 3.63) is 23.8 Å². The number of thioether (sulfide) groups is 2. The van der Waals surface area contributed by atoms with E-state index in [-0.39, 0.29) is 5.54 Å². The third-order valence-electron chi connectivity index (χ3n) is 2.14. The average molecular weight is 241 g/mol. The van der Waals surface area contributed by atoms with E-state index in [1.807, 2.05) is 0 Å². The van der Waals surface area contributed by atoms with Gasteiger partial charge in [0.25, 0.3) is 0 Å². The summed E-state index contributed by atoms with van der Waals surface area (Å²) in [7, 11) is 0. The van der Waals surface area contributed by atoms with Gasteiger partial charge in [-0.15, -0.1) is 23.5 Å². The lowest BCUT2D eigenvalue weighted by atomic mass is 9.96. The number of hydrogen-bond donors (Lipinski definition) is 1. The minimum absolute atomic E-state index is 0.134. The summed E-state index contributed by atoms with van der Waals surface area (Å²) in [4.78, 5) is 2.67. The van der Waals surface area contributed by atoms with Crippen LogP contribution < -0.4 is 5.73 Å². The average Bonchev–Trinajstić information content (AvgIpc) is 2.16. The van der Waals surface area contributed by atoms with E-state index in [1.165, 1.54) is 15.4 Å². The Labute approximate surface area is 101 Å². The van der Waals surface area contributed by atoms with E-state index in [9.17, 15) is 0 Å². The van der Waals surface area contributed by atoms with Gasteiger partial charge in [-0.25, -0.2) is 0 Å². The molecule has 0 amide bonds. The van der Waals surface area contributed by atoms with Gasteiger partial charge in [-0.05, 0) is 50.5 Å². The van der Waals surface area contributed by atoms with Gasteiger partial charge in [0.2, 0.25) is 0 Å². The summed E-state index contributed by atoms with van der Waals surface area (Å²) in [6.07, 6.45) is 5.15. The maximum Gasteiger partial charge on any atom is 0.0138 e. The van der Waals surface area contributed by atoms with Crippen molar-refractivity contribution in [3.8, 4) is 0 Å². The zero-order chi connectivity index (χ0) is 11.5. The highest BCUT2D eigenvalue weighted by atomic mass is 32.2. The highest BCUT2D eigenvalue weighted by Crippen LogP contribution is 2.28. The van der Waals surface area contributed by atoms with Crippen molar-refractivity contribution in [2.45, 2.75) is 35.6 Å². The second-order valence-electron chi connectivity index (χ2n) is 4.34. The molecule has 0 fully saturated rings. The zero-order valence-electron chi connectivity index (χ0n) is 9.83. The Bertz CT molecular complexity index is 329. The predicted molar refractivity (Wildman–Crippen MR) is 72.0 cm³/mol. The summed E-state index contributed by atoms with van der Waals surface area (Å²) in [5.74, 6) is 0. The quantitative estimate of drug-likeness (QED) is 0.818. The Morgan fingerprint density at radius 3 is 2.33 bits per heavy atom. The molecule has 84 valence electrons. The van der Waals surface area contributed by atoms with Gasteiger partial charge in [0.05, 0.1) is 0 Å². The van der Waals surface area contributed by atoms with Crippen LogP contribution in [0.5, 0.6) is 0 Å². The molecule has 0 aliphatic heterocycles. The van der Waals surface area contributed by atoms with E-state index in [2.05, 4.69) is 44.6 Å². The lowest BCUT2D eigenvalue weighted by Gasteiger charge is -2.20. The number of rotatable bonds is 4. The maximum absolute atomic E-state index is 6.05. The smallest absolute Gasteiger partial charge is 0.0138 e. The monoisotopic (exact) mass is 241 g/mol. The summed E-state index contributed by atoms with van der Waals surface area (Å²) in [6, 6.07) is 6.62. The molecular formula is C12H19NS2. The fraction of sp³-hybridized carbons (Fsp3) is 0.500. The SMILES string of the molecule is CSc1ccc(CC(C)(C)N)c(SC)c1. The van der Waals surface area contributed by atoms with Gasteiger partial charge < -0.3 is 5.73 Å². The van der Waals surface area contributed by atoms with E-state index in [1.54, 1.807) is 23.5 Å². The lowest BCUT2D eigenvalue weighted by molar-refractivity contribution is 0.513. The molecule has 2 N–H and O–H groups in total. The number of hydrogen-bond acceptors (Lipinski definition) is 3. The van der Waals surface area contributed by atoms with E-state index < -0.39 is 0 Å². The first-order chi connectivity index (χ1) is 6.96. The molecule has 0 atom stereocenters. The first-order valence-electron chi connectivity index (χ1n) is 4.96. The van der Waals surface area contributed by atoms with E-state index in [0.29, 0.717) is 0 Å². The summed E-state index contributed by atoms with van der Waals surface area (Å²) in [6.45, 7) is 4.14. The Morgan fingerprint density at radius 2 is 1.87 bits per heavy atom. The molecule has 1 nitrogen and oxygen atoms in total. The van der Waals surface area contributed by atoms with Crippen LogP contribution in [0.4, 0.5) is 0 Å². The molecule has 0 saturated carbocycles. The van der Waals surface area contributed by atoms with Crippen LogP contribution in [0.1, 0.15) is 19.4 Å². The van der Waals surface area contributed by atoms with E-state index in [0.717, 1.165) is 6.42 Å². The zero-order valence-corrected chi connectivity index (χ0v) is 11.5. The second-order valence-corrected chi connectivity index (χ2v) is 6.07. The van der Waals surface area contributed by atoms with Gasteiger partial charge in [-0.2, -0.15) is 0 Å². The molecule has 0 aliphatic carbocycles. The van der Waals surface area contributed by atoms with Crippen LogP contribution in [0.15, 0.2) is 28.0 Å². The highest BCUT2D eigenvalue weighted by Gasteiger charge is 2.14. The van der Waals surface area contributed by atoms with Gasteiger partial charge in [0, 0.05) is 15.3 Å². The van der Waals surface area contributed by atoms with Crippen molar-refractivity contribution in [2.75, 3.05) is 12.5 Å². The molecule has 1 aromatic rings. The molecule has 3 heteroatoms. The topological polar surface area (TPSA) is 26.0 Å². The first-order valence-corrected chi connectivity index (χ1v) is 7.41. The fourth-order valence-corrected chi connectivity index (χ4v) is 2.65. The third kappa shape index (κ3) is 4.09. The van der Waals surface area contributed by atoms with Crippen LogP contribution in [0.3, 0.4) is 0 Å². The lowest BCUT2D eigenvalue weighted by Crippen LogP contribution is -2.34. The standard InChI is InChI=1S/C12H19NS2/c1-12(2,13)8-9-5-6-10(14-3)7-11(9)15-4/h5-7H,8,13H2,1-4H3. The molecule has 0 radical (unpaired) electrons. The molecular weight excluding hydrogens is 222 g/mol. The van der Waals surface area contributed by atoms with E-state index in [4.69, 9.17) is 5.73 Å². The van der Waals surface area contributed by atoms with Crippen LogP contribution in [0, 0.1) is 0 Å². The maximum atomic E-state index is 6.05. The van der Waals surface area contributed by atoms with Crippen molar-refractivity contribution in [1.82, 2.24) is 0 Å². The number of nitrogens with two attached hydrogens (primary N) is 1. The molecule has 0 heterocycles. The fourth-order valence-electron chi connectivity index (χ4n) is 1.49. The largest absolute Gasteiger partial charge is 0.325 e. The molecule has 1 aromatic carbocycles. The van der Waals surface area contributed by atoms with Gasteiger partial charge in [-0.3, -0.25) is 0 Å². The molecule has 0 aromatic heterocycles. The second kappa shape index (κ2) is 5.28. The molecule has 0 spiro atoms. The summed E-state index contributed by atoms with van der Waals surface area (Å²) in [5, 5.41) is 0. The van der Waals surface area contributed by atoms with Crippen molar-refractivity contribution in [2.24, 2.45) is 5.73 Å². The van der Waals surface area contributed by atoms with Crippen LogP contribution >= 0.6 is 23.5 Å². The molecule has 0 aliphatic rings.